The summed E-state index contributed by atoms with van der Waals surface area (Å²) < 4.78 is 0. The molecule has 2 aromatic rings. The first-order valence-electron chi connectivity index (χ1n) is 5.72. The topological polar surface area (TPSA) is 61.4 Å². The van der Waals surface area contributed by atoms with Crippen LogP contribution < -0.4 is 10.6 Å². The molecule has 20 heavy (non-hydrogen) atoms. The van der Waals surface area contributed by atoms with Crippen molar-refractivity contribution in [3.05, 3.63) is 59.1 Å². The third-order valence-electron chi connectivity index (χ3n) is 2.51. The summed E-state index contributed by atoms with van der Waals surface area (Å²) in [6.07, 6.45) is 0. The van der Waals surface area contributed by atoms with E-state index in [1.54, 1.807) is 42.5 Å². The third-order valence-corrected chi connectivity index (χ3v) is 2.96. The Morgan fingerprint density at radius 2 is 1.70 bits per heavy atom. The summed E-state index contributed by atoms with van der Waals surface area (Å²) in [6, 6.07) is 13.6. The van der Waals surface area contributed by atoms with Crippen LogP contribution in [-0.4, -0.2) is 16.2 Å². The molecular weight excluding hydrogens is 296 g/mol. The molecule has 2 aromatic carbocycles. The Bertz CT molecular complexity index is 644. The van der Waals surface area contributed by atoms with E-state index in [-0.39, 0.29) is 5.56 Å². The highest BCUT2D eigenvalue weighted by molar-refractivity contribution is 7.80. The quantitative estimate of drug-likeness (QED) is 0.752. The van der Waals surface area contributed by atoms with E-state index in [1.165, 1.54) is 6.07 Å². The number of hydrogen-bond acceptors (Lipinski definition) is 2. The highest BCUT2D eigenvalue weighted by Crippen LogP contribution is 2.17. The van der Waals surface area contributed by atoms with Crippen LogP contribution >= 0.6 is 23.8 Å². The van der Waals surface area contributed by atoms with Gasteiger partial charge < -0.3 is 15.7 Å². The number of rotatable bonds is 3. The van der Waals surface area contributed by atoms with E-state index in [4.69, 9.17) is 28.9 Å². The van der Waals surface area contributed by atoms with Gasteiger partial charge in [0.25, 0.3) is 0 Å². The summed E-state index contributed by atoms with van der Waals surface area (Å²) in [6.45, 7) is 0. The largest absolute Gasteiger partial charge is 0.478 e. The maximum absolute atomic E-state index is 11.1. The van der Waals surface area contributed by atoms with Gasteiger partial charge in [-0.15, -0.1) is 0 Å². The maximum Gasteiger partial charge on any atom is 0.337 e. The first-order valence-corrected chi connectivity index (χ1v) is 6.51. The van der Waals surface area contributed by atoms with Crippen LogP contribution in [0, 0.1) is 0 Å². The standard InChI is InChI=1S/C14H11ClN2O2S/c15-9-5-7-10(8-6-9)16-14(20)17-12-4-2-1-3-11(12)13(18)19/h1-8H,(H,18,19)(H2,16,17,20). The SMILES string of the molecule is O=C(O)c1ccccc1NC(=S)Nc1ccc(Cl)cc1. The fourth-order valence-electron chi connectivity index (χ4n) is 1.60. The van der Waals surface area contributed by atoms with Crippen molar-refractivity contribution < 1.29 is 9.90 Å². The Kier molecular flexibility index (Phi) is 4.55. The minimum absolute atomic E-state index is 0.160. The molecule has 0 heterocycles. The van der Waals surface area contributed by atoms with E-state index in [0.717, 1.165) is 5.69 Å². The van der Waals surface area contributed by atoms with Crippen molar-refractivity contribution in [1.82, 2.24) is 0 Å². The predicted molar refractivity (Wildman–Crippen MR) is 84.7 cm³/mol. The molecule has 0 fully saturated rings. The van der Waals surface area contributed by atoms with Gasteiger partial charge in [-0.25, -0.2) is 4.79 Å². The molecule has 102 valence electrons. The lowest BCUT2D eigenvalue weighted by Gasteiger charge is -2.12. The van der Waals surface area contributed by atoms with Crippen molar-refractivity contribution in [2.75, 3.05) is 10.6 Å². The van der Waals surface area contributed by atoms with Crippen LogP contribution in [0.2, 0.25) is 5.02 Å². The van der Waals surface area contributed by atoms with Crippen molar-refractivity contribution in [1.29, 1.82) is 0 Å². The molecular formula is C14H11ClN2O2S. The highest BCUT2D eigenvalue weighted by atomic mass is 35.5. The highest BCUT2D eigenvalue weighted by Gasteiger charge is 2.09. The van der Waals surface area contributed by atoms with Gasteiger partial charge in [0, 0.05) is 10.7 Å². The van der Waals surface area contributed by atoms with Gasteiger partial charge in [0.1, 0.15) is 0 Å². The second kappa shape index (κ2) is 6.36. The number of anilines is 2. The molecule has 0 aliphatic carbocycles. The Labute approximate surface area is 126 Å². The minimum atomic E-state index is -1.01. The number of carbonyl (C=O) groups is 1. The van der Waals surface area contributed by atoms with E-state index in [0.29, 0.717) is 15.8 Å². The number of carboxylic acids is 1. The summed E-state index contributed by atoms with van der Waals surface area (Å²) in [5.41, 5.74) is 1.36. The van der Waals surface area contributed by atoms with Crippen molar-refractivity contribution >= 4 is 46.3 Å². The molecule has 0 saturated heterocycles. The van der Waals surface area contributed by atoms with Crippen molar-refractivity contribution in [3.8, 4) is 0 Å². The molecule has 2 rings (SSSR count). The zero-order chi connectivity index (χ0) is 14.5. The predicted octanol–water partition coefficient (Wildman–Crippen LogP) is 3.85. The monoisotopic (exact) mass is 306 g/mol. The van der Waals surface area contributed by atoms with Crippen molar-refractivity contribution in [2.24, 2.45) is 0 Å². The summed E-state index contributed by atoms with van der Waals surface area (Å²) in [4.78, 5) is 11.1. The molecule has 0 amide bonds. The van der Waals surface area contributed by atoms with Gasteiger partial charge >= 0.3 is 5.97 Å². The normalized spacial score (nSPS) is 9.85. The van der Waals surface area contributed by atoms with Gasteiger partial charge in [-0.1, -0.05) is 23.7 Å². The summed E-state index contributed by atoms with van der Waals surface area (Å²) in [5, 5.41) is 15.8. The van der Waals surface area contributed by atoms with Gasteiger partial charge in [0.15, 0.2) is 5.11 Å². The van der Waals surface area contributed by atoms with Gasteiger partial charge in [-0.05, 0) is 48.6 Å². The minimum Gasteiger partial charge on any atom is -0.478 e. The van der Waals surface area contributed by atoms with Crippen molar-refractivity contribution in [2.45, 2.75) is 0 Å². The molecule has 4 nitrogen and oxygen atoms in total. The maximum atomic E-state index is 11.1. The molecule has 0 unspecified atom stereocenters. The molecule has 0 bridgehead atoms. The lowest BCUT2D eigenvalue weighted by atomic mass is 10.2. The van der Waals surface area contributed by atoms with E-state index in [9.17, 15) is 4.79 Å². The number of carboxylic acid groups (broad SMARTS) is 1. The number of aromatic carboxylic acids is 1. The molecule has 0 saturated carbocycles. The number of halogens is 1. The van der Waals surface area contributed by atoms with Gasteiger partial charge in [0.05, 0.1) is 11.3 Å². The molecule has 0 aliphatic heterocycles. The second-order valence-corrected chi connectivity index (χ2v) is 4.78. The smallest absolute Gasteiger partial charge is 0.337 e. The van der Waals surface area contributed by atoms with Crippen LogP contribution in [0.5, 0.6) is 0 Å². The Balaban J connectivity index is 2.08. The summed E-state index contributed by atoms with van der Waals surface area (Å²) >= 11 is 10.9. The number of thiocarbonyl (C=S) groups is 1. The van der Waals surface area contributed by atoms with Crippen LogP contribution in [0.1, 0.15) is 10.4 Å². The van der Waals surface area contributed by atoms with Crippen LogP contribution in [-0.2, 0) is 0 Å². The number of nitrogens with one attached hydrogen (secondary N) is 2. The Morgan fingerprint density at radius 3 is 2.35 bits per heavy atom. The lowest BCUT2D eigenvalue weighted by Crippen LogP contribution is -2.20. The second-order valence-electron chi connectivity index (χ2n) is 3.94. The fraction of sp³-hybridized carbons (Fsp3) is 0. The first kappa shape index (κ1) is 14.3. The van der Waals surface area contributed by atoms with Gasteiger partial charge in [-0.2, -0.15) is 0 Å². The molecule has 0 aliphatic rings. The van der Waals surface area contributed by atoms with E-state index in [1.807, 2.05) is 0 Å². The zero-order valence-electron chi connectivity index (χ0n) is 10.3. The molecule has 0 aromatic heterocycles. The molecule has 6 heteroatoms. The van der Waals surface area contributed by atoms with Gasteiger partial charge in [0.2, 0.25) is 0 Å². The first-order chi connectivity index (χ1) is 9.56. The van der Waals surface area contributed by atoms with E-state index < -0.39 is 5.97 Å². The van der Waals surface area contributed by atoms with Crippen LogP contribution in [0.4, 0.5) is 11.4 Å². The lowest BCUT2D eigenvalue weighted by molar-refractivity contribution is 0.0698. The molecule has 0 atom stereocenters. The van der Waals surface area contributed by atoms with Crippen LogP contribution in [0.3, 0.4) is 0 Å². The van der Waals surface area contributed by atoms with E-state index in [2.05, 4.69) is 10.6 Å². The molecule has 0 spiro atoms. The Hall–Kier alpha value is -2.11. The number of hydrogen-bond donors (Lipinski definition) is 3. The summed E-state index contributed by atoms with van der Waals surface area (Å²) in [7, 11) is 0. The van der Waals surface area contributed by atoms with E-state index >= 15 is 0 Å². The molecule has 0 radical (unpaired) electrons. The average Bonchev–Trinajstić information content (AvgIpc) is 2.41. The van der Waals surface area contributed by atoms with Crippen molar-refractivity contribution in [3.63, 3.8) is 0 Å². The van der Waals surface area contributed by atoms with Crippen LogP contribution in [0.25, 0.3) is 0 Å². The third kappa shape index (κ3) is 3.69. The number of benzene rings is 2. The zero-order valence-corrected chi connectivity index (χ0v) is 11.8. The number of para-hydroxylation sites is 1. The molecule has 3 N–H and O–H groups in total. The fourth-order valence-corrected chi connectivity index (χ4v) is 1.95. The van der Waals surface area contributed by atoms with Gasteiger partial charge in [-0.3, -0.25) is 0 Å². The Morgan fingerprint density at radius 1 is 1.05 bits per heavy atom. The summed E-state index contributed by atoms with van der Waals surface area (Å²) in [5.74, 6) is -1.01. The van der Waals surface area contributed by atoms with Crippen LogP contribution in [0.15, 0.2) is 48.5 Å². The average molecular weight is 307 g/mol.